The average molecular weight is 291 g/mol. The molecule has 0 aliphatic rings. The summed E-state index contributed by atoms with van der Waals surface area (Å²) in [5, 5.41) is 7.99. The predicted molar refractivity (Wildman–Crippen MR) is 67.0 cm³/mol. The lowest BCUT2D eigenvalue weighted by atomic mass is 10.3. The van der Waals surface area contributed by atoms with Crippen molar-refractivity contribution in [3.8, 4) is 0 Å². The first-order valence-electron chi connectivity index (χ1n) is 4.81. The van der Waals surface area contributed by atoms with Crippen LogP contribution in [0.1, 0.15) is 19.4 Å². The summed E-state index contributed by atoms with van der Waals surface area (Å²) >= 11 is 5.05. The second kappa shape index (κ2) is 6.25. The molecule has 1 heterocycles. The van der Waals surface area contributed by atoms with Crippen LogP contribution in [0.2, 0.25) is 0 Å². The number of halogens is 1. The molecule has 1 rings (SSSR count). The van der Waals surface area contributed by atoms with Crippen molar-refractivity contribution in [2.75, 3.05) is 6.54 Å². The first-order valence-corrected chi connectivity index (χ1v) is 6.48. The molecule has 0 radical (unpaired) electrons. The molecule has 1 aromatic rings. The van der Waals surface area contributed by atoms with E-state index in [1.807, 2.05) is 13.8 Å². The van der Waals surface area contributed by atoms with E-state index in [9.17, 15) is 4.79 Å². The van der Waals surface area contributed by atoms with Crippen LogP contribution in [0.15, 0.2) is 15.2 Å². The third-order valence-corrected chi connectivity index (χ3v) is 3.24. The van der Waals surface area contributed by atoms with Gasteiger partial charge in [0.25, 0.3) is 0 Å². The fraction of sp³-hybridized carbons (Fsp3) is 0.500. The molecule has 0 saturated carbocycles. The van der Waals surface area contributed by atoms with Crippen LogP contribution in [-0.2, 0) is 11.3 Å². The third kappa shape index (κ3) is 5.30. The summed E-state index contributed by atoms with van der Waals surface area (Å²) in [6.45, 7) is 5.00. The minimum absolute atomic E-state index is 0.0410. The molecule has 0 fully saturated rings. The average Bonchev–Trinajstić information content (AvgIpc) is 2.50. The molecule has 3 nitrogen and oxygen atoms in total. The Morgan fingerprint density at radius 3 is 2.87 bits per heavy atom. The van der Waals surface area contributed by atoms with Gasteiger partial charge in [0.1, 0.15) is 0 Å². The molecule has 0 atom stereocenters. The van der Waals surface area contributed by atoms with Gasteiger partial charge in [0.05, 0.1) is 10.3 Å². The standard InChI is InChI=1S/C10H15BrN2OS/c1-7(2)13-10(14)5-12-4-8-3-9(11)15-6-8/h3,6-7,12H,4-5H2,1-2H3,(H,13,14). The summed E-state index contributed by atoms with van der Waals surface area (Å²) in [4.78, 5) is 11.3. The van der Waals surface area contributed by atoms with Gasteiger partial charge in [-0.3, -0.25) is 4.79 Å². The Labute approximate surface area is 102 Å². The number of carbonyl (C=O) groups excluding carboxylic acids is 1. The normalized spacial score (nSPS) is 10.7. The molecule has 1 aromatic heterocycles. The maximum Gasteiger partial charge on any atom is 0.234 e. The Hall–Kier alpha value is -0.390. The van der Waals surface area contributed by atoms with Crippen LogP contribution in [0.25, 0.3) is 0 Å². The van der Waals surface area contributed by atoms with E-state index in [1.54, 1.807) is 11.3 Å². The summed E-state index contributed by atoms with van der Waals surface area (Å²) in [6.07, 6.45) is 0. The molecule has 0 spiro atoms. The highest BCUT2D eigenvalue weighted by Crippen LogP contribution is 2.20. The third-order valence-electron chi connectivity index (χ3n) is 1.69. The van der Waals surface area contributed by atoms with Crippen LogP contribution >= 0.6 is 27.3 Å². The van der Waals surface area contributed by atoms with Gasteiger partial charge in [0, 0.05) is 12.6 Å². The first kappa shape index (κ1) is 12.7. The van der Waals surface area contributed by atoms with Crippen molar-refractivity contribution >= 4 is 33.2 Å². The van der Waals surface area contributed by atoms with Crippen molar-refractivity contribution in [2.24, 2.45) is 0 Å². The fourth-order valence-electron chi connectivity index (χ4n) is 1.13. The quantitative estimate of drug-likeness (QED) is 0.872. The van der Waals surface area contributed by atoms with E-state index >= 15 is 0 Å². The molecule has 0 bridgehead atoms. The van der Waals surface area contributed by atoms with E-state index in [4.69, 9.17) is 0 Å². The van der Waals surface area contributed by atoms with E-state index in [1.165, 1.54) is 5.56 Å². The van der Waals surface area contributed by atoms with Crippen molar-refractivity contribution in [2.45, 2.75) is 26.4 Å². The number of hydrogen-bond donors (Lipinski definition) is 2. The summed E-state index contributed by atoms with van der Waals surface area (Å²) in [7, 11) is 0. The Morgan fingerprint density at radius 1 is 1.60 bits per heavy atom. The van der Waals surface area contributed by atoms with Crippen molar-refractivity contribution < 1.29 is 4.79 Å². The molecule has 0 saturated heterocycles. The second-order valence-electron chi connectivity index (χ2n) is 3.58. The predicted octanol–water partition coefficient (Wildman–Crippen LogP) is 2.12. The van der Waals surface area contributed by atoms with Gasteiger partial charge in [-0.2, -0.15) is 0 Å². The minimum Gasteiger partial charge on any atom is -0.353 e. The molecule has 0 aliphatic heterocycles. The number of carbonyl (C=O) groups is 1. The molecule has 15 heavy (non-hydrogen) atoms. The topological polar surface area (TPSA) is 41.1 Å². The fourth-order valence-corrected chi connectivity index (χ4v) is 2.34. The van der Waals surface area contributed by atoms with E-state index in [0.717, 1.165) is 10.3 Å². The molecule has 84 valence electrons. The zero-order valence-electron chi connectivity index (χ0n) is 8.84. The summed E-state index contributed by atoms with van der Waals surface area (Å²) in [6, 6.07) is 2.26. The van der Waals surface area contributed by atoms with E-state index in [-0.39, 0.29) is 11.9 Å². The highest BCUT2D eigenvalue weighted by Gasteiger charge is 2.02. The lowest BCUT2D eigenvalue weighted by molar-refractivity contribution is -0.120. The molecule has 1 amide bonds. The number of rotatable bonds is 5. The van der Waals surface area contributed by atoms with Gasteiger partial charge in [-0.25, -0.2) is 0 Å². The zero-order chi connectivity index (χ0) is 11.3. The minimum atomic E-state index is 0.0410. The second-order valence-corrected chi connectivity index (χ2v) is 5.88. The molecule has 2 N–H and O–H groups in total. The molecule has 0 aromatic carbocycles. The molecule has 5 heteroatoms. The van der Waals surface area contributed by atoms with Gasteiger partial charge in [0.15, 0.2) is 0 Å². The van der Waals surface area contributed by atoms with E-state index in [2.05, 4.69) is 38.0 Å². The van der Waals surface area contributed by atoms with Crippen LogP contribution in [0, 0.1) is 0 Å². The zero-order valence-corrected chi connectivity index (χ0v) is 11.2. The smallest absolute Gasteiger partial charge is 0.234 e. The highest BCUT2D eigenvalue weighted by atomic mass is 79.9. The van der Waals surface area contributed by atoms with Crippen LogP contribution in [-0.4, -0.2) is 18.5 Å². The Kier molecular flexibility index (Phi) is 5.28. The Morgan fingerprint density at radius 2 is 2.33 bits per heavy atom. The number of amides is 1. The SMILES string of the molecule is CC(C)NC(=O)CNCc1csc(Br)c1. The lowest BCUT2D eigenvalue weighted by Gasteiger charge is -2.08. The van der Waals surface area contributed by atoms with Crippen LogP contribution in [0.5, 0.6) is 0 Å². The monoisotopic (exact) mass is 290 g/mol. The maximum atomic E-state index is 11.3. The number of nitrogens with one attached hydrogen (secondary N) is 2. The van der Waals surface area contributed by atoms with Crippen molar-refractivity contribution in [1.29, 1.82) is 0 Å². The van der Waals surface area contributed by atoms with Crippen molar-refractivity contribution in [1.82, 2.24) is 10.6 Å². The van der Waals surface area contributed by atoms with E-state index < -0.39 is 0 Å². The maximum absolute atomic E-state index is 11.3. The van der Waals surface area contributed by atoms with Crippen LogP contribution in [0.3, 0.4) is 0 Å². The van der Waals surface area contributed by atoms with Gasteiger partial charge in [-0.1, -0.05) is 0 Å². The summed E-state index contributed by atoms with van der Waals surface area (Å²) in [5.41, 5.74) is 1.20. The molecule has 0 aliphatic carbocycles. The van der Waals surface area contributed by atoms with E-state index in [0.29, 0.717) is 6.54 Å². The summed E-state index contributed by atoms with van der Waals surface area (Å²) in [5.74, 6) is 0.0410. The lowest BCUT2D eigenvalue weighted by Crippen LogP contribution is -2.37. The van der Waals surface area contributed by atoms with Gasteiger partial charge in [-0.05, 0) is 46.8 Å². The number of hydrogen-bond acceptors (Lipinski definition) is 3. The Bertz CT molecular complexity index is 325. The number of thiophene rings is 1. The van der Waals surface area contributed by atoms with Gasteiger partial charge in [-0.15, -0.1) is 11.3 Å². The van der Waals surface area contributed by atoms with Crippen molar-refractivity contribution in [3.05, 3.63) is 20.8 Å². The van der Waals surface area contributed by atoms with Crippen LogP contribution < -0.4 is 10.6 Å². The molecular formula is C10H15BrN2OS. The molecular weight excluding hydrogens is 276 g/mol. The first-order chi connectivity index (χ1) is 7.08. The van der Waals surface area contributed by atoms with Gasteiger partial charge in [0.2, 0.25) is 5.91 Å². The van der Waals surface area contributed by atoms with Gasteiger partial charge >= 0.3 is 0 Å². The highest BCUT2D eigenvalue weighted by molar-refractivity contribution is 9.11. The van der Waals surface area contributed by atoms with Crippen LogP contribution in [0.4, 0.5) is 0 Å². The largest absolute Gasteiger partial charge is 0.353 e. The Balaban J connectivity index is 2.19. The van der Waals surface area contributed by atoms with Gasteiger partial charge < -0.3 is 10.6 Å². The molecule has 0 unspecified atom stereocenters. The summed E-state index contributed by atoms with van der Waals surface area (Å²) < 4.78 is 1.12. The van der Waals surface area contributed by atoms with Crippen molar-refractivity contribution in [3.63, 3.8) is 0 Å².